The van der Waals surface area contributed by atoms with Gasteiger partial charge in [0.25, 0.3) is 5.56 Å². The van der Waals surface area contributed by atoms with E-state index in [4.69, 9.17) is 0 Å². The SMILES string of the molecule is O=c1[nH]c(CC(F)(F)F)ncc1I. The fourth-order valence-electron chi connectivity index (χ4n) is 0.696. The third-order valence-corrected chi connectivity index (χ3v) is 1.94. The molecule has 0 fully saturated rings. The molecule has 13 heavy (non-hydrogen) atoms. The second-order valence-corrected chi connectivity index (χ2v) is 3.46. The number of alkyl halides is 3. The molecule has 0 saturated heterocycles. The van der Waals surface area contributed by atoms with Crippen molar-refractivity contribution in [1.29, 1.82) is 0 Å². The van der Waals surface area contributed by atoms with E-state index < -0.39 is 18.2 Å². The van der Waals surface area contributed by atoms with Crippen LogP contribution in [0.4, 0.5) is 13.2 Å². The van der Waals surface area contributed by atoms with E-state index >= 15 is 0 Å². The lowest BCUT2D eigenvalue weighted by molar-refractivity contribution is -0.128. The van der Waals surface area contributed by atoms with Crippen molar-refractivity contribution < 1.29 is 13.2 Å². The molecule has 0 aliphatic heterocycles. The molecule has 0 spiro atoms. The molecule has 1 aromatic rings. The van der Waals surface area contributed by atoms with E-state index in [-0.39, 0.29) is 9.39 Å². The molecule has 0 amide bonds. The lowest BCUT2D eigenvalue weighted by Crippen LogP contribution is -2.19. The van der Waals surface area contributed by atoms with Gasteiger partial charge in [-0.1, -0.05) is 0 Å². The first-order chi connectivity index (χ1) is 5.88. The lowest BCUT2D eigenvalue weighted by Gasteiger charge is -2.04. The van der Waals surface area contributed by atoms with Gasteiger partial charge >= 0.3 is 6.18 Å². The third-order valence-electron chi connectivity index (χ3n) is 1.18. The smallest absolute Gasteiger partial charge is 0.309 e. The molecule has 0 atom stereocenters. The second-order valence-electron chi connectivity index (χ2n) is 2.30. The van der Waals surface area contributed by atoms with Crippen molar-refractivity contribution in [3.63, 3.8) is 0 Å². The summed E-state index contributed by atoms with van der Waals surface area (Å²) in [6.45, 7) is 0. The largest absolute Gasteiger partial charge is 0.396 e. The van der Waals surface area contributed by atoms with Crippen molar-refractivity contribution in [2.24, 2.45) is 0 Å². The summed E-state index contributed by atoms with van der Waals surface area (Å²) < 4.78 is 35.7. The number of halogens is 4. The monoisotopic (exact) mass is 304 g/mol. The first-order valence-corrected chi connectivity index (χ1v) is 4.27. The summed E-state index contributed by atoms with van der Waals surface area (Å²) >= 11 is 1.69. The third kappa shape index (κ3) is 3.33. The minimum Gasteiger partial charge on any atom is -0.309 e. The van der Waals surface area contributed by atoms with E-state index in [1.165, 1.54) is 0 Å². The molecule has 3 nitrogen and oxygen atoms in total. The predicted molar refractivity (Wildman–Crippen MR) is 47.3 cm³/mol. The number of hydrogen-bond acceptors (Lipinski definition) is 2. The van der Waals surface area contributed by atoms with Gasteiger partial charge in [-0.3, -0.25) is 4.79 Å². The Labute approximate surface area is 84.5 Å². The summed E-state index contributed by atoms with van der Waals surface area (Å²) in [4.78, 5) is 16.3. The molecule has 0 bridgehead atoms. The van der Waals surface area contributed by atoms with E-state index in [1.54, 1.807) is 22.6 Å². The molecule has 1 rings (SSSR count). The van der Waals surface area contributed by atoms with E-state index in [1.807, 2.05) is 4.98 Å². The van der Waals surface area contributed by atoms with E-state index in [0.717, 1.165) is 6.20 Å². The van der Waals surface area contributed by atoms with E-state index in [2.05, 4.69) is 4.98 Å². The van der Waals surface area contributed by atoms with Gasteiger partial charge in [0.05, 0.1) is 3.57 Å². The number of nitrogens with zero attached hydrogens (tertiary/aromatic N) is 1. The molecule has 0 saturated carbocycles. The van der Waals surface area contributed by atoms with Crippen LogP contribution >= 0.6 is 22.6 Å². The first-order valence-electron chi connectivity index (χ1n) is 3.19. The molecule has 7 heteroatoms. The number of aromatic nitrogens is 2. The fourth-order valence-corrected chi connectivity index (χ4v) is 0.970. The van der Waals surface area contributed by atoms with Gasteiger partial charge in [0.1, 0.15) is 12.2 Å². The molecule has 0 aromatic carbocycles. The Morgan fingerprint density at radius 3 is 2.62 bits per heavy atom. The van der Waals surface area contributed by atoms with Crippen molar-refractivity contribution in [3.8, 4) is 0 Å². The molecular weight excluding hydrogens is 300 g/mol. The Balaban J connectivity index is 2.93. The van der Waals surface area contributed by atoms with Crippen LogP contribution in [0.2, 0.25) is 0 Å². The standard InChI is InChI=1S/C6H4F3IN2O/c7-6(8,9)1-4-11-2-3(10)5(13)12-4/h2H,1H2,(H,11,12,13). The second kappa shape index (κ2) is 3.64. The maximum atomic E-state index is 11.8. The summed E-state index contributed by atoms with van der Waals surface area (Å²) in [6.07, 6.45) is -4.44. The van der Waals surface area contributed by atoms with Gasteiger partial charge in [0.2, 0.25) is 0 Å². The average molecular weight is 304 g/mol. The zero-order valence-corrected chi connectivity index (χ0v) is 8.31. The zero-order valence-electron chi connectivity index (χ0n) is 6.15. The molecule has 0 radical (unpaired) electrons. The van der Waals surface area contributed by atoms with Gasteiger partial charge in [-0.2, -0.15) is 13.2 Å². The number of H-pyrrole nitrogens is 1. The van der Waals surface area contributed by atoms with Crippen LogP contribution in [-0.4, -0.2) is 16.1 Å². The quantitative estimate of drug-likeness (QED) is 0.799. The Hall–Kier alpha value is -0.600. The van der Waals surface area contributed by atoms with Crippen LogP contribution in [0.5, 0.6) is 0 Å². The van der Waals surface area contributed by atoms with Crippen molar-refractivity contribution in [3.05, 3.63) is 25.9 Å². The summed E-state index contributed by atoms with van der Waals surface area (Å²) in [7, 11) is 0. The number of nitrogens with one attached hydrogen (secondary N) is 1. The topological polar surface area (TPSA) is 45.8 Å². The van der Waals surface area contributed by atoms with Gasteiger partial charge in [0, 0.05) is 6.20 Å². The minimum atomic E-state index is -4.34. The molecule has 1 heterocycles. The summed E-state index contributed by atoms with van der Waals surface area (Å²) in [6, 6.07) is 0. The van der Waals surface area contributed by atoms with Crippen LogP contribution in [0.1, 0.15) is 5.82 Å². The van der Waals surface area contributed by atoms with Gasteiger partial charge in [-0.25, -0.2) is 4.98 Å². The van der Waals surface area contributed by atoms with Crippen LogP contribution < -0.4 is 5.56 Å². The molecule has 72 valence electrons. The highest BCUT2D eigenvalue weighted by atomic mass is 127. The van der Waals surface area contributed by atoms with E-state index in [9.17, 15) is 18.0 Å². The van der Waals surface area contributed by atoms with Crippen LogP contribution in [0.3, 0.4) is 0 Å². The van der Waals surface area contributed by atoms with Crippen molar-refractivity contribution in [1.82, 2.24) is 9.97 Å². The summed E-state index contributed by atoms with van der Waals surface area (Å²) in [5.74, 6) is -0.363. The molecule has 1 N–H and O–H groups in total. The first kappa shape index (κ1) is 10.5. The van der Waals surface area contributed by atoms with Crippen molar-refractivity contribution in [2.45, 2.75) is 12.6 Å². The molecule has 0 aliphatic rings. The van der Waals surface area contributed by atoms with Crippen LogP contribution in [0.15, 0.2) is 11.0 Å². The van der Waals surface area contributed by atoms with Crippen LogP contribution in [0.25, 0.3) is 0 Å². The normalized spacial score (nSPS) is 11.7. The van der Waals surface area contributed by atoms with Crippen LogP contribution in [0, 0.1) is 3.57 Å². The Bertz CT molecular complexity index is 360. The Morgan fingerprint density at radius 1 is 1.54 bits per heavy atom. The van der Waals surface area contributed by atoms with Crippen molar-refractivity contribution in [2.75, 3.05) is 0 Å². The predicted octanol–water partition coefficient (Wildman–Crippen LogP) is 1.48. The molecule has 0 aliphatic carbocycles. The molecule has 1 aromatic heterocycles. The molecule has 0 unspecified atom stereocenters. The minimum absolute atomic E-state index is 0.267. The average Bonchev–Trinajstić information content (AvgIpc) is 1.94. The van der Waals surface area contributed by atoms with E-state index in [0.29, 0.717) is 0 Å². The highest BCUT2D eigenvalue weighted by Crippen LogP contribution is 2.18. The maximum Gasteiger partial charge on any atom is 0.396 e. The summed E-state index contributed by atoms with van der Waals surface area (Å²) in [5, 5.41) is 0. The van der Waals surface area contributed by atoms with Gasteiger partial charge in [-0.15, -0.1) is 0 Å². The van der Waals surface area contributed by atoms with Gasteiger partial charge < -0.3 is 4.98 Å². The lowest BCUT2D eigenvalue weighted by atomic mass is 10.4. The number of rotatable bonds is 1. The Morgan fingerprint density at radius 2 is 2.15 bits per heavy atom. The van der Waals surface area contributed by atoms with Crippen molar-refractivity contribution >= 4 is 22.6 Å². The van der Waals surface area contributed by atoms with Gasteiger partial charge in [-0.05, 0) is 22.6 Å². The fraction of sp³-hybridized carbons (Fsp3) is 0.333. The highest BCUT2D eigenvalue weighted by Gasteiger charge is 2.28. The van der Waals surface area contributed by atoms with Crippen LogP contribution in [-0.2, 0) is 6.42 Å². The maximum absolute atomic E-state index is 11.8. The Kier molecular flexibility index (Phi) is 2.94. The molecular formula is C6H4F3IN2O. The number of aromatic amines is 1. The van der Waals surface area contributed by atoms with Gasteiger partial charge in [0.15, 0.2) is 0 Å². The zero-order chi connectivity index (χ0) is 10.1. The number of hydrogen-bond donors (Lipinski definition) is 1. The summed E-state index contributed by atoms with van der Waals surface area (Å²) in [5.41, 5.74) is -0.546. The highest BCUT2D eigenvalue weighted by molar-refractivity contribution is 14.1.